The summed E-state index contributed by atoms with van der Waals surface area (Å²) in [5, 5.41) is 29.0. The van der Waals surface area contributed by atoms with Crippen molar-refractivity contribution in [3.63, 3.8) is 0 Å². The smallest absolute Gasteiger partial charge is 0.338 e. The fourth-order valence-corrected chi connectivity index (χ4v) is 4.20. The second kappa shape index (κ2) is 17.6. The number of carbonyl (C=O) groups is 2. The molecule has 0 aromatic carbocycles. The van der Waals surface area contributed by atoms with Crippen LogP contribution in [0.25, 0.3) is 0 Å². The zero-order valence-electron chi connectivity index (χ0n) is 19.6. The molecule has 0 unspecified atom stereocenters. The van der Waals surface area contributed by atoms with E-state index in [1.807, 2.05) is 0 Å². The predicted molar refractivity (Wildman–Crippen MR) is 122 cm³/mol. The van der Waals surface area contributed by atoms with Gasteiger partial charge in [-0.25, -0.2) is 4.79 Å². The van der Waals surface area contributed by atoms with Gasteiger partial charge in [0, 0.05) is 6.42 Å². The van der Waals surface area contributed by atoms with E-state index in [4.69, 9.17) is 4.74 Å². The first-order valence-corrected chi connectivity index (χ1v) is 12.8. The fourth-order valence-electron chi connectivity index (χ4n) is 4.20. The van der Waals surface area contributed by atoms with Gasteiger partial charge in [-0.05, 0) is 6.42 Å². The molecule has 1 rings (SSSR count). The number of carbonyl (C=O) groups excluding carboxylic acids is 2. The maximum atomic E-state index is 12.0. The number of ketones is 1. The first kappa shape index (κ1) is 28.1. The highest BCUT2D eigenvalue weighted by Crippen LogP contribution is 2.21. The minimum Gasteiger partial charge on any atom is -0.454 e. The van der Waals surface area contributed by atoms with Crippen molar-refractivity contribution < 1.29 is 29.6 Å². The summed E-state index contributed by atoms with van der Waals surface area (Å²) in [6.07, 6.45) is 15.5. The first-order valence-electron chi connectivity index (χ1n) is 12.8. The monoisotopic (exact) mass is 442 g/mol. The minimum absolute atomic E-state index is 0.191. The molecular weight excluding hydrogens is 396 g/mol. The fraction of sp³-hybridized carbons (Fsp3) is 0.920. The van der Waals surface area contributed by atoms with Crippen molar-refractivity contribution in [3.05, 3.63) is 0 Å². The molecule has 1 aliphatic rings. The van der Waals surface area contributed by atoms with Crippen molar-refractivity contribution in [3.8, 4) is 0 Å². The highest BCUT2D eigenvalue weighted by Gasteiger charge is 2.47. The van der Waals surface area contributed by atoms with Crippen LogP contribution in [0.1, 0.15) is 122 Å². The second-order valence-electron chi connectivity index (χ2n) is 9.15. The molecule has 3 N–H and O–H groups in total. The summed E-state index contributed by atoms with van der Waals surface area (Å²) in [4.78, 5) is 23.2. The van der Waals surface area contributed by atoms with E-state index in [0.29, 0.717) is 6.42 Å². The normalized spacial score (nSPS) is 21.9. The van der Waals surface area contributed by atoms with Crippen LogP contribution in [0, 0.1) is 0 Å². The number of ether oxygens (including phenoxy) is 1. The highest BCUT2D eigenvalue weighted by molar-refractivity contribution is 5.85. The number of rotatable bonds is 20. The first-order chi connectivity index (χ1) is 15.0. The quantitative estimate of drug-likeness (QED) is 0.188. The van der Waals surface area contributed by atoms with Gasteiger partial charge in [0.1, 0.15) is 6.10 Å². The molecule has 0 spiro atoms. The Morgan fingerprint density at radius 2 is 1.16 bits per heavy atom. The van der Waals surface area contributed by atoms with Crippen LogP contribution in [0.5, 0.6) is 0 Å². The van der Waals surface area contributed by atoms with Gasteiger partial charge in [-0.3, -0.25) is 4.79 Å². The van der Waals surface area contributed by atoms with Gasteiger partial charge in [-0.1, -0.05) is 110 Å². The number of aliphatic hydroxyl groups is 3. The summed E-state index contributed by atoms with van der Waals surface area (Å²) in [5.74, 6) is -1.45. The van der Waals surface area contributed by atoms with Crippen LogP contribution in [0.3, 0.4) is 0 Å². The van der Waals surface area contributed by atoms with Crippen LogP contribution in [0.15, 0.2) is 0 Å². The Morgan fingerprint density at radius 3 is 1.52 bits per heavy atom. The van der Waals surface area contributed by atoms with Crippen LogP contribution < -0.4 is 0 Å². The molecule has 182 valence electrons. The van der Waals surface area contributed by atoms with E-state index in [-0.39, 0.29) is 6.42 Å². The number of esters is 1. The van der Waals surface area contributed by atoms with Gasteiger partial charge >= 0.3 is 5.97 Å². The Balaban J connectivity index is 1.86. The third-order valence-corrected chi connectivity index (χ3v) is 6.32. The zero-order chi connectivity index (χ0) is 22.9. The molecule has 4 atom stereocenters. The molecule has 1 heterocycles. The number of cyclic esters (lactones) is 1. The number of unbranched alkanes of at least 4 members (excludes halogenated alkanes) is 16. The summed E-state index contributed by atoms with van der Waals surface area (Å²) in [7, 11) is 0. The second-order valence-corrected chi connectivity index (χ2v) is 9.15. The van der Waals surface area contributed by atoms with Crippen LogP contribution in [0.2, 0.25) is 0 Å². The molecular formula is C25H46O6. The van der Waals surface area contributed by atoms with Crippen molar-refractivity contribution in [2.75, 3.05) is 0 Å². The van der Waals surface area contributed by atoms with Gasteiger partial charge < -0.3 is 20.1 Å². The predicted octanol–water partition coefficient (Wildman–Crippen LogP) is 4.61. The Hall–Kier alpha value is -0.980. The standard InChI is InChI=1S/C25H46O6/c1-2-3-4-5-6-7-8-9-10-11-12-13-14-15-16-17-18-19-20(26)21(27)24-22(28)23(29)25(30)31-24/h21-24,27-29H,2-19H2,1H3/t21-,22+,23-,24+/m0/s1. The van der Waals surface area contributed by atoms with Gasteiger partial charge in [0.25, 0.3) is 0 Å². The Labute approximate surface area is 188 Å². The molecule has 6 nitrogen and oxygen atoms in total. The number of Topliss-reactive ketones (excluding diaryl/α,β-unsaturated/α-hetero) is 1. The summed E-state index contributed by atoms with van der Waals surface area (Å²) in [5.41, 5.74) is 0. The SMILES string of the molecule is CCCCCCCCCCCCCCCCCCCC(=O)[C@H](O)[C@H]1OC(=O)[C@@H](O)[C@H]1O. The van der Waals surface area contributed by atoms with E-state index in [1.165, 1.54) is 89.9 Å². The van der Waals surface area contributed by atoms with Crippen LogP contribution in [0.4, 0.5) is 0 Å². The maximum Gasteiger partial charge on any atom is 0.338 e. The summed E-state index contributed by atoms with van der Waals surface area (Å²) in [6, 6.07) is 0. The molecule has 0 amide bonds. The third kappa shape index (κ3) is 12.0. The maximum absolute atomic E-state index is 12.0. The largest absolute Gasteiger partial charge is 0.454 e. The van der Waals surface area contributed by atoms with Crippen molar-refractivity contribution >= 4 is 11.8 Å². The third-order valence-electron chi connectivity index (χ3n) is 6.32. The number of hydrogen-bond donors (Lipinski definition) is 3. The molecule has 1 saturated heterocycles. The van der Waals surface area contributed by atoms with E-state index < -0.39 is 36.2 Å². The molecule has 0 aromatic rings. The average molecular weight is 443 g/mol. The van der Waals surface area contributed by atoms with E-state index in [0.717, 1.165) is 12.8 Å². The molecule has 0 aromatic heterocycles. The van der Waals surface area contributed by atoms with Gasteiger partial charge in [0.15, 0.2) is 24.1 Å². The van der Waals surface area contributed by atoms with E-state index >= 15 is 0 Å². The van der Waals surface area contributed by atoms with E-state index in [9.17, 15) is 24.9 Å². The average Bonchev–Trinajstić information content (AvgIpc) is 3.02. The van der Waals surface area contributed by atoms with Gasteiger partial charge in [0.05, 0.1) is 0 Å². The lowest BCUT2D eigenvalue weighted by atomic mass is 9.98. The Kier molecular flexibility index (Phi) is 15.9. The van der Waals surface area contributed by atoms with Crippen molar-refractivity contribution in [1.29, 1.82) is 0 Å². The number of hydrogen-bond acceptors (Lipinski definition) is 6. The molecule has 31 heavy (non-hydrogen) atoms. The Morgan fingerprint density at radius 1 is 0.774 bits per heavy atom. The summed E-state index contributed by atoms with van der Waals surface area (Å²) >= 11 is 0. The van der Waals surface area contributed by atoms with Crippen molar-refractivity contribution in [2.45, 2.75) is 147 Å². The minimum atomic E-state index is -1.69. The topological polar surface area (TPSA) is 104 Å². The molecule has 6 heteroatoms. The van der Waals surface area contributed by atoms with Gasteiger partial charge in [-0.15, -0.1) is 0 Å². The lowest BCUT2D eigenvalue weighted by Crippen LogP contribution is -2.42. The highest BCUT2D eigenvalue weighted by atomic mass is 16.6. The van der Waals surface area contributed by atoms with Gasteiger partial charge in [0.2, 0.25) is 0 Å². The van der Waals surface area contributed by atoms with E-state index in [2.05, 4.69) is 6.92 Å². The lowest BCUT2D eigenvalue weighted by molar-refractivity contribution is -0.153. The van der Waals surface area contributed by atoms with Gasteiger partial charge in [-0.2, -0.15) is 0 Å². The lowest BCUT2D eigenvalue weighted by Gasteiger charge is -2.18. The van der Waals surface area contributed by atoms with Crippen molar-refractivity contribution in [2.24, 2.45) is 0 Å². The molecule has 1 fully saturated rings. The van der Waals surface area contributed by atoms with Crippen molar-refractivity contribution in [1.82, 2.24) is 0 Å². The summed E-state index contributed by atoms with van der Waals surface area (Å²) in [6.45, 7) is 2.26. The van der Waals surface area contributed by atoms with Crippen LogP contribution >= 0.6 is 0 Å². The number of aliphatic hydroxyl groups excluding tert-OH is 3. The zero-order valence-corrected chi connectivity index (χ0v) is 19.6. The molecule has 0 radical (unpaired) electrons. The van der Waals surface area contributed by atoms with Crippen LogP contribution in [-0.2, 0) is 14.3 Å². The van der Waals surface area contributed by atoms with E-state index in [1.54, 1.807) is 0 Å². The molecule has 0 aliphatic carbocycles. The molecule has 0 saturated carbocycles. The Bertz CT molecular complexity index is 481. The molecule has 0 bridgehead atoms. The van der Waals surface area contributed by atoms with Crippen LogP contribution in [-0.4, -0.2) is 51.5 Å². The summed E-state index contributed by atoms with van der Waals surface area (Å²) < 4.78 is 4.70. The molecule has 1 aliphatic heterocycles.